The van der Waals surface area contributed by atoms with E-state index in [2.05, 4.69) is 80.1 Å². The molecule has 6 rings (SSSR count). The van der Waals surface area contributed by atoms with Gasteiger partial charge in [-0.25, -0.2) is 19.9 Å². The molecular formula is C26H22N6. The lowest BCUT2D eigenvalue weighted by Gasteiger charge is -2.11. The molecule has 0 fully saturated rings. The van der Waals surface area contributed by atoms with Gasteiger partial charge in [0, 0.05) is 34.0 Å². The molecule has 3 heterocycles. The molecule has 0 saturated carbocycles. The monoisotopic (exact) mass is 418 g/mol. The van der Waals surface area contributed by atoms with Crippen LogP contribution in [0.3, 0.4) is 0 Å². The Morgan fingerprint density at radius 2 is 1.38 bits per heavy atom. The summed E-state index contributed by atoms with van der Waals surface area (Å²) in [6.45, 7) is 6.24. The molecule has 32 heavy (non-hydrogen) atoms. The van der Waals surface area contributed by atoms with Crippen molar-refractivity contribution in [2.45, 2.75) is 26.7 Å². The lowest BCUT2D eigenvalue weighted by molar-refractivity contribution is 0.795. The third kappa shape index (κ3) is 2.87. The highest BCUT2D eigenvalue weighted by Gasteiger charge is 2.14. The van der Waals surface area contributed by atoms with E-state index >= 15 is 0 Å². The van der Waals surface area contributed by atoms with Gasteiger partial charge in [-0.1, -0.05) is 38.1 Å². The number of rotatable bonds is 3. The van der Waals surface area contributed by atoms with Gasteiger partial charge in [0.1, 0.15) is 18.0 Å². The van der Waals surface area contributed by atoms with E-state index in [0.29, 0.717) is 5.92 Å². The van der Waals surface area contributed by atoms with Crippen LogP contribution in [0.2, 0.25) is 0 Å². The average Bonchev–Trinajstić information content (AvgIpc) is 3.48. The van der Waals surface area contributed by atoms with Crippen LogP contribution >= 0.6 is 0 Å². The summed E-state index contributed by atoms with van der Waals surface area (Å²) >= 11 is 0. The number of benzene rings is 3. The third-order valence-electron chi connectivity index (χ3n) is 6.05. The van der Waals surface area contributed by atoms with E-state index in [1.165, 1.54) is 10.8 Å². The lowest BCUT2D eigenvalue weighted by Crippen LogP contribution is -1.90. The van der Waals surface area contributed by atoms with Crippen molar-refractivity contribution in [1.29, 1.82) is 0 Å². The zero-order chi connectivity index (χ0) is 21.8. The molecule has 0 bridgehead atoms. The molecule has 156 valence electrons. The van der Waals surface area contributed by atoms with Gasteiger partial charge in [0.05, 0.1) is 29.3 Å². The van der Waals surface area contributed by atoms with Crippen molar-refractivity contribution in [3.05, 3.63) is 73.0 Å². The Balaban J connectivity index is 1.62. The van der Waals surface area contributed by atoms with Crippen LogP contribution in [0.5, 0.6) is 0 Å². The smallest absolute Gasteiger partial charge is 0.116 e. The zero-order valence-corrected chi connectivity index (χ0v) is 18.1. The maximum Gasteiger partial charge on any atom is 0.116 e. The molecule has 0 spiro atoms. The summed E-state index contributed by atoms with van der Waals surface area (Å²) < 4.78 is 0. The summed E-state index contributed by atoms with van der Waals surface area (Å²) in [7, 11) is 0. The van der Waals surface area contributed by atoms with Crippen molar-refractivity contribution in [2.24, 2.45) is 0 Å². The number of fused-ring (bicyclic) bond motifs is 6. The van der Waals surface area contributed by atoms with Crippen molar-refractivity contribution in [3.63, 3.8) is 0 Å². The second-order valence-electron chi connectivity index (χ2n) is 8.52. The van der Waals surface area contributed by atoms with Crippen LogP contribution in [0.1, 0.15) is 31.4 Å². The molecule has 0 radical (unpaired) electrons. The topological polar surface area (TPSA) is 83.1 Å². The SMILES string of the molecule is Cc1ncc(-c2ccc3c4ccc(-c5cnc(C(C)C)[nH]5)cc4c4cncnc4c3c2)[nH]1. The standard InChI is InChI=1S/C26H22N6/c1-14(2)26-29-12-24(32-26)16-4-6-18-19-7-5-17(23-11-28-15(3)31-23)9-21(19)25-22(20(18)8-16)10-27-13-30-25/h4-14H,1-3H3,(H,28,31)(H,29,32). The summed E-state index contributed by atoms with van der Waals surface area (Å²) in [6, 6.07) is 13.1. The summed E-state index contributed by atoms with van der Waals surface area (Å²) in [5.74, 6) is 2.25. The van der Waals surface area contributed by atoms with E-state index in [1.807, 2.05) is 25.5 Å². The molecule has 0 atom stereocenters. The molecule has 3 aromatic carbocycles. The highest BCUT2D eigenvalue weighted by molar-refractivity contribution is 6.24. The summed E-state index contributed by atoms with van der Waals surface area (Å²) in [6.07, 6.45) is 7.31. The number of nitrogens with one attached hydrogen (secondary N) is 2. The van der Waals surface area contributed by atoms with Gasteiger partial charge < -0.3 is 9.97 Å². The Hall–Kier alpha value is -4.06. The molecule has 0 unspecified atom stereocenters. The lowest BCUT2D eigenvalue weighted by atomic mass is 9.94. The third-order valence-corrected chi connectivity index (χ3v) is 6.05. The average molecular weight is 419 g/mol. The number of aryl methyl sites for hydroxylation is 1. The van der Waals surface area contributed by atoms with Crippen molar-refractivity contribution in [2.75, 3.05) is 0 Å². The minimum absolute atomic E-state index is 0.357. The number of aromatic amines is 2. The van der Waals surface area contributed by atoms with Gasteiger partial charge in [-0.3, -0.25) is 0 Å². The van der Waals surface area contributed by atoms with Crippen LogP contribution in [0.15, 0.2) is 61.3 Å². The van der Waals surface area contributed by atoms with Gasteiger partial charge in [-0.2, -0.15) is 0 Å². The van der Waals surface area contributed by atoms with Crippen LogP contribution in [0, 0.1) is 6.92 Å². The van der Waals surface area contributed by atoms with Crippen LogP contribution in [0.25, 0.3) is 55.0 Å². The highest BCUT2D eigenvalue weighted by Crippen LogP contribution is 2.37. The Bertz CT molecular complexity index is 1600. The predicted molar refractivity (Wildman–Crippen MR) is 129 cm³/mol. The van der Waals surface area contributed by atoms with Gasteiger partial charge in [0.2, 0.25) is 0 Å². The Labute approximate surface area is 184 Å². The van der Waals surface area contributed by atoms with Gasteiger partial charge in [0.15, 0.2) is 0 Å². The van der Waals surface area contributed by atoms with E-state index in [-0.39, 0.29) is 0 Å². The Morgan fingerprint density at radius 1 is 0.688 bits per heavy atom. The quantitative estimate of drug-likeness (QED) is 0.338. The molecule has 6 nitrogen and oxygen atoms in total. The van der Waals surface area contributed by atoms with E-state index in [9.17, 15) is 0 Å². The van der Waals surface area contributed by atoms with Crippen LogP contribution in [0.4, 0.5) is 0 Å². The number of nitrogens with zero attached hydrogens (tertiary/aromatic N) is 4. The van der Waals surface area contributed by atoms with Gasteiger partial charge >= 0.3 is 0 Å². The highest BCUT2D eigenvalue weighted by atomic mass is 14.9. The number of hydrogen-bond donors (Lipinski definition) is 2. The fourth-order valence-corrected chi connectivity index (χ4v) is 4.40. The van der Waals surface area contributed by atoms with E-state index in [1.54, 1.807) is 6.33 Å². The molecule has 0 aliphatic heterocycles. The fraction of sp³-hybridized carbons (Fsp3) is 0.154. The molecule has 0 aliphatic carbocycles. The predicted octanol–water partition coefficient (Wildman–Crippen LogP) is 6.15. The van der Waals surface area contributed by atoms with Gasteiger partial charge in [-0.05, 0) is 35.2 Å². The van der Waals surface area contributed by atoms with Crippen molar-refractivity contribution >= 4 is 32.4 Å². The first-order chi connectivity index (χ1) is 15.6. The van der Waals surface area contributed by atoms with Crippen LogP contribution in [-0.4, -0.2) is 29.9 Å². The number of hydrogen-bond acceptors (Lipinski definition) is 4. The Morgan fingerprint density at radius 3 is 2.06 bits per heavy atom. The van der Waals surface area contributed by atoms with Crippen molar-refractivity contribution in [3.8, 4) is 22.5 Å². The first-order valence-corrected chi connectivity index (χ1v) is 10.7. The fourth-order valence-electron chi connectivity index (χ4n) is 4.40. The number of aromatic nitrogens is 6. The van der Waals surface area contributed by atoms with Crippen molar-refractivity contribution < 1.29 is 0 Å². The molecule has 6 heteroatoms. The second kappa shape index (κ2) is 6.99. The molecule has 0 amide bonds. The largest absolute Gasteiger partial charge is 0.342 e. The molecule has 6 aromatic rings. The first kappa shape index (κ1) is 18.7. The number of imidazole rings is 2. The summed E-state index contributed by atoms with van der Waals surface area (Å²) in [5.41, 5.74) is 5.16. The maximum atomic E-state index is 4.67. The Kier molecular flexibility index (Phi) is 4.08. The molecule has 2 N–H and O–H groups in total. The van der Waals surface area contributed by atoms with E-state index in [0.717, 1.165) is 55.8 Å². The van der Waals surface area contributed by atoms with E-state index in [4.69, 9.17) is 0 Å². The molecule has 3 aromatic heterocycles. The first-order valence-electron chi connectivity index (χ1n) is 10.7. The second-order valence-corrected chi connectivity index (χ2v) is 8.52. The van der Waals surface area contributed by atoms with Crippen LogP contribution < -0.4 is 0 Å². The molecular weight excluding hydrogens is 396 g/mol. The maximum absolute atomic E-state index is 4.67. The summed E-state index contributed by atoms with van der Waals surface area (Å²) in [5, 5.41) is 5.64. The normalized spacial score (nSPS) is 11.9. The van der Waals surface area contributed by atoms with Crippen molar-refractivity contribution in [1.82, 2.24) is 29.9 Å². The zero-order valence-electron chi connectivity index (χ0n) is 18.1. The summed E-state index contributed by atoms with van der Waals surface area (Å²) in [4.78, 5) is 24.7. The van der Waals surface area contributed by atoms with E-state index < -0.39 is 0 Å². The minimum atomic E-state index is 0.357. The van der Waals surface area contributed by atoms with Gasteiger partial charge in [-0.15, -0.1) is 0 Å². The molecule has 0 saturated heterocycles. The van der Waals surface area contributed by atoms with Crippen LogP contribution in [-0.2, 0) is 0 Å². The van der Waals surface area contributed by atoms with Gasteiger partial charge in [0.25, 0.3) is 0 Å². The number of H-pyrrole nitrogens is 2. The minimum Gasteiger partial charge on any atom is -0.342 e. The molecule has 0 aliphatic rings.